The molecule has 3 aromatic rings. The zero-order valence-corrected chi connectivity index (χ0v) is 20.8. The normalized spacial score (nSPS) is 17.2. The highest BCUT2D eigenvalue weighted by atomic mass is 19.4. The van der Waals surface area contributed by atoms with Crippen LogP contribution in [0.1, 0.15) is 39.9 Å². The number of nitriles is 1. The quantitative estimate of drug-likeness (QED) is 0.367. The third kappa shape index (κ3) is 5.56. The minimum Gasteiger partial charge on any atom is -0.406 e. The molecule has 12 heteroatoms. The number of benzene rings is 3. The van der Waals surface area contributed by atoms with E-state index in [1.165, 1.54) is 17.0 Å². The van der Waals surface area contributed by atoms with Gasteiger partial charge < -0.3 is 10.1 Å². The van der Waals surface area contributed by atoms with E-state index in [0.29, 0.717) is 38.0 Å². The first-order chi connectivity index (χ1) is 18.9. The summed E-state index contributed by atoms with van der Waals surface area (Å²) in [7, 11) is 0. The molecule has 0 aromatic heterocycles. The van der Waals surface area contributed by atoms with Gasteiger partial charge in [-0.1, -0.05) is 12.1 Å². The van der Waals surface area contributed by atoms with Crippen molar-refractivity contribution in [3.05, 3.63) is 89.0 Å². The smallest absolute Gasteiger partial charge is 0.406 e. The lowest BCUT2D eigenvalue weighted by Gasteiger charge is -2.52. The number of piperidine rings is 1. The zero-order chi connectivity index (χ0) is 28.7. The predicted octanol–water partition coefficient (Wildman–Crippen LogP) is 6.54. The first kappa shape index (κ1) is 27.3. The van der Waals surface area contributed by atoms with E-state index in [4.69, 9.17) is 0 Å². The molecule has 2 heterocycles. The molecular weight excluding hydrogens is 538 g/mol. The molecule has 6 nitrogen and oxygen atoms in total. The van der Waals surface area contributed by atoms with E-state index in [-0.39, 0.29) is 16.9 Å². The van der Waals surface area contributed by atoms with Crippen LogP contribution < -0.4 is 15.0 Å². The van der Waals surface area contributed by atoms with Crippen molar-refractivity contribution in [2.75, 3.05) is 23.3 Å². The number of carbonyl (C=O) groups excluding carboxylic acids is 1. The number of nitrogens with zero attached hydrogens (tertiary/aromatic N) is 3. The number of ether oxygens (including phenoxy) is 1. The van der Waals surface area contributed by atoms with Crippen molar-refractivity contribution >= 4 is 17.3 Å². The Morgan fingerprint density at radius 2 is 1.65 bits per heavy atom. The van der Waals surface area contributed by atoms with Crippen LogP contribution in [0.3, 0.4) is 0 Å². The molecule has 5 rings (SSSR count). The summed E-state index contributed by atoms with van der Waals surface area (Å²) in [4.78, 5) is 17.3. The molecule has 1 amide bonds. The second-order valence-corrected chi connectivity index (χ2v) is 9.69. The molecule has 40 heavy (non-hydrogen) atoms. The van der Waals surface area contributed by atoms with Crippen molar-refractivity contribution in [1.29, 1.82) is 5.26 Å². The van der Waals surface area contributed by atoms with Crippen LogP contribution in [0.2, 0.25) is 0 Å². The van der Waals surface area contributed by atoms with E-state index in [1.807, 2.05) is 6.07 Å². The number of alkyl halides is 6. The lowest BCUT2D eigenvalue weighted by molar-refractivity contribution is -0.274. The van der Waals surface area contributed by atoms with Gasteiger partial charge in [-0.05, 0) is 60.2 Å². The van der Waals surface area contributed by atoms with Gasteiger partial charge in [-0.2, -0.15) is 18.4 Å². The second kappa shape index (κ2) is 10.1. The monoisotopic (exact) mass is 560 g/mol. The Morgan fingerprint density at radius 1 is 0.950 bits per heavy atom. The third-order valence-corrected chi connectivity index (χ3v) is 7.05. The SMILES string of the molecule is N#Cc1cccc(CN2CCC3(CC2)Nc2cc(C(F)(F)F)ccc2C(=O)N3c2ccc(OC(F)(F)F)cc2)c1. The van der Waals surface area contributed by atoms with Gasteiger partial charge in [0.1, 0.15) is 11.4 Å². The van der Waals surface area contributed by atoms with Crippen LogP contribution in [0.4, 0.5) is 37.7 Å². The Balaban J connectivity index is 1.47. The molecule has 0 aliphatic carbocycles. The van der Waals surface area contributed by atoms with E-state index in [9.17, 15) is 36.4 Å². The first-order valence-electron chi connectivity index (χ1n) is 12.3. The Morgan fingerprint density at radius 3 is 2.27 bits per heavy atom. The van der Waals surface area contributed by atoms with Crippen LogP contribution in [-0.4, -0.2) is 35.9 Å². The second-order valence-electron chi connectivity index (χ2n) is 9.69. The maximum absolute atomic E-state index is 13.8. The van der Waals surface area contributed by atoms with Gasteiger partial charge in [-0.3, -0.25) is 14.6 Å². The summed E-state index contributed by atoms with van der Waals surface area (Å²) in [5.41, 5.74) is -0.266. The van der Waals surface area contributed by atoms with Gasteiger partial charge in [0, 0.05) is 43.9 Å². The lowest BCUT2D eigenvalue weighted by atomic mass is 9.88. The van der Waals surface area contributed by atoms with E-state index >= 15 is 0 Å². The lowest BCUT2D eigenvalue weighted by Crippen LogP contribution is -2.64. The van der Waals surface area contributed by atoms with Gasteiger partial charge in [-0.25, -0.2) is 0 Å². The van der Waals surface area contributed by atoms with Gasteiger partial charge in [0.05, 0.1) is 22.8 Å². The zero-order valence-electron chi connectivity index (χ0n) is 20.8. The van der Waals surface area contributed by atoms with Crippen LogP contribution in [0.5, 0.6) is 5.75 Å². The topological polar surface area (TPSA) is 68.6 Å². The van der Waals surface area contributed by atoms with Crippen molar-refractivity contribution in [2.45, 2.75) is 37.6 Å². The number of rotatable bonds is 4. The number of nitrogens with one attached hydrogen (secondary N) is 1. The number of carbonyl (C=O) groups is 1. The summed E-state index contributed by atoms with van der Waals surface area (Å²) < 4.78 is 82.3. The number of anilines is 2. The van der Waals surface area contributed by atoms with Crippen LogP contribution in [-0.2, 0) is 12.7 Å². The van der Waals surface area contributed by atoms with Crippen LogP contribution in [0.25, 0.3) is 0 Å². The molecule has 0 saturated carbocycles. The summed E-state index contributed by atoms with van der Waals surface area (Å²) in [6, 6.07) is 16.9. The fraction of sp³-hybridized carbons (Fsp3) is 0.286. The molecule has 2 aliphatic rings. The number of likely N-dealkylation sites (tertiary alicyclic amines) is 1. The number of hydrogen-bond donors (Lipinski definition) is 1. The van der Waals surface area contributed by atoms with E-state index in [0.717, 1.165) is 35.9 Å². The maximum atomic E-state index is 13.8. The largest absolute Gasteiger partial charge is 0.573 e. The van der Waals surface area contributed by atoms with Crippen LogP contribution in [0.15, 0.2) is 66.7 Å². The molecular formula is C28H22F6N4O2. The number of amides is 1. The molecule has 0 radical (unpaired) electrons. The van der Waals surface area contributed by atoms with Crippen molar-refractivity contribution in [3.63, 3.8) is 0 Å². The molecule has 0 bridgehead atoms. The molecule has 2 aliphatic heterocycles. The van der Waals surface area contributed by atoms with Gasteiger partial charge in [0.15, 0.2) is 0 Å². The highest BCUT2D eigenvalue weighted by Gasteiger charge is 2.48. The Bertz CT molecular complexity index is 1460. The van der Waals surface area contributed by atoms with Gasteiger partial charge in [-0.15, -0.1) is 13.2 Å². The molecule has 1 spiro atoms. The Labute approximate surface area is 225 Å². The standard InChI is InChI=1S/C28H22F6N4O2/c29-27(30,31)20-4-9-23-24(15-20)36-26(10-12-37(13-11-26)17-19-3-1-2-18(14-19)16-35)38(25(23)39)21-5-7-22(8-6-21)40-28(32,33)34/h1-9,14-15,36H,10-13,17H2. The van der Waals surface area contributed by atoms with E-state index in [1.54, 1.807) is 18.2 Å². The third-order valence-electron chi connectivity index (χ3n) is 7.05. The summed E-state index contributed by atoms with van der Waals surface area (Å²) in [5.74, 6) is -1.03. The minimum absolute atomic E-state index is 0.0185. The minimum atomic E-state index is -4.89. The Kier molecular flexibility index (Phi) is 6.87. The number of hydrogen-bond acceptors (Lipinski definition) is 5. The summed E-state index contributed by atoms with van der Waals surface area (Å²) >= 11 is 0. The molecule has 0 atom stereocenters. The van der Waals surface area contributed by atoms with E-state index < -0.39 is 35.4 Å². The molecule has 1 N–H and O–H groups in total. The average molecular weight is 560 g/mol. The van der Waals surface area contributed by atoms with Crippen LogP contribution in [0, 0.1) is 11.3 Å². The van der Waals surface area contributed by atoms with Crippen molar-refractivity contribution < 1.29 is 35.9 Å². The molecule has 1 fully saturated rings. The fourth-order valence-electron chi connectivity index (χ4n) is 5.22. The summed E-state index contributed by atoms with van der Waals surface area (Å²) in [6.07, 6.45) is -8.88. The fourth-order valence-corrected chi connectivity index (χ4v) is 5.22. The Hall–Kier alpha value is -4.24. The predicted molar refractivity (Wildman–Crippen MR) is 133 cm³/mol. The molecule has 1 saturated heterocycles. The summed E-state index contributed by atoms with van der Waals surface area (Å²) in [6.45, 7) is 1.44. The number of fused-ring (bicyclic) bond motifs is 1. The highest BCUT2D eigenvalue weighted by molar-refractivity contribution is 6.13. The highest BCUT2D eigenvalue weighted by Crippen LogP contribution is 2.43. The number of halogens is 6. The van der Waals surface area contributed by atoms with E-state index in [2.05, 4.69) is 21.0 Å². The van der Waals surface area contributed by atoms with Crippen molar-refractivity contribution in [3.8, 4) is 11.8 Å². The van der Waals surface area contributed by atoms with Gasteiger partial charge >= 0.3 is 12.5 Å². The van der Waals surface area contributed by atoms with Crippen LogP contribution >= 0.6 is 0 Å². The maximum Gasteiger partial charge on any atom is 0.573 e. The average Bonchev–Trinajstić information content (AvgIpc) is 2.89. The van der Waals surface area contributed by atoms with Gasteiger partial charge in [0.25, 0.3) is 5.91 Å². The molecule has 0 unspecified atom stereocenters. The van der Waals surface area contributed by atoms with Gasteiger partial charge in [0.2, 0.25) is 0 Å². The summed E-state index contributed by atoms with van der Waals surface area (Å²) in [5, 5.41) is 12.4. The van der Waals surface area contributed by atoms with Crippen molar-refractivity contribution in [1.82, 2.24) is 4.90 Å². The molecule has 3 aromatic carbocycles. The van der Waals surface area contributed by atoms with Crippen molar-refractivity contribution in [2.24, 2.45) is 0 Å². The molecule has 208 valence electrons. The first-order valence-corrected chi connectivity index (χ1v) is 12.3.